The Labute approximate surface area is 152 Å². The Morgan fingerprint density at radius 2 is 1.77 bits per heavy atom. The Hall–Kier alpha value is -3.07. The summed E-state index contributed by atoms with van der Waals surface area (Å²) in [6.07, 6.45) is 2.03. The van der Waals surface area contributed by atoms with Crippen molar-refractivity contribution in [2.45, 2.75) is 19.3 Å². The molecule has 0 aliphatic rings. The van der Waals surface area contributed by atoms with Crippen LogP contribution in [0.15, 0.2) is 77.4 Å². The number of fused-ring (bicyclic) bond motifs is 3. The van der Waals surface area contributed by atoms with Crippen molar-refractivity contribution < 1.29 is 9.21 Å². The van der Waals surface area contributed by atoms with E-state index in [-0.39, 0.29) is 11.8 Å². The maximum Gasteiger partial charge on any atom is 0.224 e. The molecule has 3 nitrogen and oxygen atoms in total. The van der Waals surface area contributed by atoms with Crippen LogP contribution in [0.4, 0.5) is 0 Å². The minimum Gasteiger partial charge on any atom is -0.464 e. The van der Waals surface area contributed by atoms with Crippen molar-refractivity contribution in [2.24, 2.45) is 0 Å². The van der Waals surface area contributed by atoms with Crippen molar-refractivity contribution in [3.05, 3.63) is 84.1 Å². The maximum atomic E-state index is 12.5. The van der Waals surface area contributed by atoms with Crippen LogP contribution in [0.25, 0.3) is 21.7 Å². The standard InChI is InChI=1S/C23H21NO2/c1-16(17-7-3-2-4-8-17)14-24-22(25)13-19-15-26-21-12-11-18-9-5-6-10-20(18)23(19)21/h2-12,15-16H,13-14H2,1H3,(H,24,25)/t16-/m0/s1. The summed E-state index contributed by atoms with van der Waals surface area (Å²) in [6, 6.07) is 22.4. The van der Waals surface area contributed by atoms with Gasteiger partial charge < -0.3 is 9.73 Å². The van der Waals surface area contributed by atoms with Gasteiger partial charge in [-0.3, -0.25) is 4.79 Å². The van der Waals surface area contributed by atoms with Gasteiger partial charge in [0, 0.05) is 17.5 Å². The lowest BCUT2D eigenvalue weighted by molar-refractivity contribution is -0.120. The van der Waals surface area contributed by atoms with Crippen LogP contribution in [-0.2, 0) is 11.2 Å². The number of nitrogens with one attached hydrogen (secondary N) is 1. The predicted octanol–water partition coefficient (Wildman–Crippen LogP) is 5.05. The number of carbonyl (C=O) groups is 1. The van der Waals surface area contributed by atoms with Crippen LogP contribution in [0, 0.1) is 0 Å². The molecule has 4 aromatic rings. The van der Waals surface area contributed by atoms with Crippen LogP contribution in [-0.4, -0.2) is 12.5 Å². The van der Waals surface area contributed by atoms with Crippen molar-refractivity contribution >= 4 is 27.6 Å². The molecule has 1 heterocycles. The maximum absolute atomic E-state index is 12.5. The normalized spacial score (nSPS) is 12.3. The molecule has 0 spiro atoms. The number of hydrogen-bond donors (Lipinski definition) is 1. The summed E-state index contributed by atoms with van der Waals surface area (Å²) < 4.78 is 5.67. The van der Waals surface area contributed by atoms with E-state index in [9.17, 15) is 4.79 Å². The van der Waals surface area contributed by atoms with E-state index in [1.807, 2.05) is 42.5 Å². The quantitative estimate of drug-likeness (QED) is 0.551. The lowest BCUT2D eigenvalue weighted by Gasteiger charge is -2.13. The third kappa shape index (κ3) is 3.21. The fourth-order valence-electron chi connectivity index (χ4n) is 3.41. The highest BCUT2D eigenvalue weighted by atomic mass is 16.3. The highest BCUT2D eigenvalue weighted by molar-refractivity contribution is 6.08. The molecule has 0 bridgehead atoms. The monoisotopic (exact) mass is 343 g/mol. The van der Waals surface area contributed by atoms with Crippen LogP contribution in [0.1, 0.15) is 24.0 Å². The van der Waals surface area contributed by atoms with Gasteiger partial charge in [-0.1, -0.05) is 67.6 Å². The minimum atomic E-state index is 0.0171. The largest absolute Gasteiger partial charge is 0.464 e. The van der Waals surface area contributed by atoms with Gasteiger partial charge in [-0.05, 0) is 28.3 Å². The predicted molar refractivity (Wildman–Crippen MR) is 105 cm³/mol. The van der Waals surface area contributed by atoms with Gasteiger partial charge in [0.25, 0.3) is 0 Å². The fourth-order valence-corrected chi connectivity index (χ4v) is 3.41. The number of furan rings is 1. The van der Waals surface area contributed by atoms with Gasteiger partial charge in [0.15, 0.2) is 0 Å². The van der Waals surface area contributed by atoms with Gasteiger partial charge in [0.05, 0.1) is 12.7 Å². The van der Waals surface area contributed by atoms with Crippen LogP contribution in [0.5, 0.6) is 0 Å². The molecule has 3 aromatic carbocycles. The summed E-state index contributed by atoms with van der Waals surface area (Å²) in [5, 5.41) is 6.37. The topological polar surface area (TPSA) is 42.2 Å². The van der Waals surface area contributed by atoms with Crippen LogP contribution >= 0.6 is 0 Å². The third-order valence-corrected chi connectivity index (χ3v) is 4.87. The minimum absolute atomic E-state index is 0.0171. The van der Waals surface area contributed by atoms with E-state index in [4.69, 9.17) is 4.42 Å². The summed E-state index contributed by atoms with van der Waals surface area (Å²) in [5.74, 6) is 0.297. The summed E-state index contributed by atoms with van der Waals surface area (Å²) in [5.41, 5.74) is 2.98. The Kier molecular flexibility index (Phi) is 4.44. The molecule has 0 aliphatic heterocycles. The van der Waals surface area contributed by atoms with E-state index in [2.05, 4.69) is 36.5 Å². The van der Waals surface area contributed by atoms with E-state index in [0.29, 0.717) is 13.0 Å². The van der Waals surface area contributed by atoms with Crippen LogP contribution in [0.3, 0.4) is 0 Å². The first kappa shape index (κ1) is 16.4. The molecule has 1 amide bonds. The second kappa shape index (κ2) is 7.04. The van der Waals surface area contributed by atoms with Crippen molar-refractivity contribution in [3.63, 3.8) is 0 Å². The number of benzene rings is 3. The Morgan fingerprint density at radius 1 is 1.00 bits per heavy atom. The molecule has 0 unspecified atom stereocenters. The first-order valence-corrected chi connectivity index (χ1v) is 8.92. The molecule has 1 aromatic heterocycles. The van der Waals surface area contributed by atoms with E-state index in [0.717, 1.165) is 27.3 Å². The van der Waals surface area contributed by atoms with Crippen LogP contribution in [0.2, 0.25) is 0 Å². The molecule has 26 heavy (non-hydrogen) atoms. The zero-order valence-corrected chi connectivity index (χ0v) is 14.7. The van der Waals surface area contributed by atoms with Gasteiger partial charge in [-0.15, -0.1) is 0 Å². The average molecular weight is 343 g/mol. The van der Waals surface area contributed by atoms with Crippen molar-refractivity contribution in [3.8, 4) is 0 Å². The lowest BCUT2D eigenvalue weighted by Crippen LogP contribution is -2.28. The van der Waals surface area contributed by atoms with Gasteiger partial charge in [0.1, 0.15) is 5.58 Å². The van der Waals surface area contributed by atoms with E-state index < -0.39 is 0 Å². The molecule has 0 aliphatic carbocycles. The van der Waals surface area contributed by atoms with Crippen LogP contribution < -0.4 is 5.32 Å². The van der Waals surface area contributed by atoms with E-state index in [1.54, 1.807) is 6.26 Å². The Balaban J connectivity index is 1.50. The van der Waals surface area contributed by atoms with Crippen molar-refractivity contribution in [1.29, 1.82) is 0 Å². The molecule has 3 heteroatoms. The average Bonchev–Trinajstić information content (AvgIpc) is 3.10. The summed E-state index contributed by atoms with van der Waals surface area (Å²) in [7, 11) is 0. The van der Waals surface area contributed by atoms with Gasteiger partial charge >= 0.3 is 0 Å². The molecule has 0 saturated heterocycles. The molecular weight excluding hydrogens is 322 g/mol. The Morgan fingerprint density at radius 3 is 2.62 bits per heavy atom. The van der Waals surface area contributed by atoms with Gasteiger partial charge in [0.2, 0.25) is 5.91 Å². The zero-order chi connectivity index (χ0) is 17.9. The lowest BCUT2D eigenvalue weighted by atomic mass is 10.0. The summed E-state index contributed by atoms with van der Waals surface area (Å²) >= 11 is 0. The molecule has 1 atom stereocenters. The number of amides is 1. The van der Waals surface area contributed by atoms with Gasteiger partial charge in [-0.25, -0.2) is 0 Å². The smallest absolute Gasteiger partial charge is 0.224 e. The fraction of sp³-hybridized carbons (Fsp3) is 0.174. The molecule has 4 rings (SSSR count). The molecule has 1 N–H and O–H groups in total. The van der Waals surface area contributed by atoms with Crippen molar-refractivity contribution in [1.82, 2.24) is 5.32 Å². The molecule has 0 saturated carbocycles. The highest BCUT2D eigenvalue weighted by Crippen LogP contribution is 2.30. The van der Waals surface area contributed by atoms with Crippen molar-refractivity contribution in [2.75, 3.05) is 6.54 Å². The molecule has 0 fully saturated rings. The Bertz CT molecular complexity index is 1050. The number of rotatable bonds is 5. The summed E-state index contributed by atoms with van der Waals surface area (Å²) in [4.78, 5) is 12.5. The first-order valence-electron chi connectivity index (χ1n) is 8.92. The first-order chi connectivity index (χ1) is 12.7. The molecular formula is C23H21NO2. The third-order valence-electron chi connectivity index (χ3n) is 4.87. The summed E-state index contributed by atoms with van der Waals surface area (Å²) in [6.45, 7) is 2.75. The van der Waals surface area contributed by atoms with E-state index in [1.165, 1.54) is 5.56 Å². The SMILES string of the molecule is C[C@@H](CNC(=O)Cc1coc2ccc3ccccc3c12)c1ccccc1. The van der Waals surface area contributed by atoms with E-state index >= 15 is 0 Å². The molecule has 0 radical (unpaired) electrons. The number of carbonyl (C=O) groups excluding carboxylic acids is 1. The second-order valence-electron chi connectivity index (χ2n) is 6.71. The second-order valence-corrected chi connectivity index (χ2v) is 6.71. The zero-order valence-electron chi connectivity index (χ0n) is 14.7. The number of hydrogen-bond acceptors (Lipinski definition) is 2. The van der Waals surface area contributed by atoms with Gasteiger partial charge in [-0.2, -0.15) is 0 Å². The molecule has 130 valence electrons. The highest BCUT2D eigenvalue weighted by Gasteiger charge is 2.14.